The van der Waals surface area contributed by atoms with Crippen molar-refractivity contribution in [3.8, 4) is 5.95 Å². The third kappa shape index (κ3) is 4.08. The lowest BCUT2D eigenvalue weighted by Crippen LogP contribution is -2.16. The van der Waals surface area contributed by atoms with E-state index in [2.05, 4.69) is 4.98 Å². The SMILES string of the molecule is Cc1c(CSSCCO)n(-c2nc3ccc(C(F)(F)F)cc3n2C)ccc1=O. The monoisotopic (exact) mass is 429 g/mol. The van der Waals surface area contributed by atoms with Crippen molar-refractivity contribution in [2.75, 3.05) is 12.4 Å². The van der Waals surface area contributed by atoms with E-state index in [1.54, 1.807) is 29.3 Å². The molecule has 150 valence electrons. The van der Waals surface area contributed by atoms with Crippen LogP contribution in [0.15, 0.2) is 35.3 Å². The molecule has 5 nitrogen and oxygen atoms in total. The zero-order chi connectivity index (χ0) is 20.5. The third-order valence-corrected chi connectivity index (χ3v) is 6.58. The van der Waals surface area contributed by atoms with Gasteiger partial charge >= 0.3 is 6.18 Å². The highest BCUT2D eigenvalue weighted by atomic mass is 33.1. The van der Waals surface area contributed by atoms with Gasteiger partial charge in [0.2, 0.25) is 5.95 Å². The van der Waals surface area contributed by atoms with E-state index in [1.807, 2.05) is 0 Å². The Kier molecular flexibility index (Phi) is 6.11. The van der Waals surface area contributed by atoms with Crippen LogP contribution >= 0.6 is 21.6 Å². The summed E-state index contributed by atoms with van der Waals surface area (Å²) in [6.07, 6.45) is -2.84. The Bertz CT molecular complexity index is 1060. The maximum absolute atomic E-state index is 13.0. The molecule has 0 aliphatic heterocycles. The smallest absolute Gasteiger partial charge is 0.395 e. The van der Waals surface area contributed by atoms with Crippen LogP contribution in [0.5, 0.6) is 0 Å². The summed E-state index contributed by atoms with van der Waals surface area (Å²) in [5.41, 5.74) is 1.23. The maximum atomic E-state index is 13.0. The Morgan fingerprint density at radius 2 is 1.96 bits per heavy atom. The number of halogens is 3. The standard InChI is InChI=1S/C18H18F3N3O2S2/c1-11-15(10-28-27-8-7-25)24(6-5-16(11)26)17-22-13-4-3-12(18(19,20)21)9-14(13)23(17)2/h3-6,9,25H,7-8,10H2,1-2H3. The lowest BCUT2D eigenvalue weighted by molar-refractivity contribution is -0.137. The van der Waals surface area contributed by atoms with E-state index in [-0.39, 0.29) is 12.0 Å². The number of rotatable bonds is 6. The fraction of sp³-hybridized carbons (Fsp3) is 0.333. The molecular weight excluding hydrogens is 411 g/mol. The number of hydrogen-bond acceptors (Lipinski definition) is 5. The van der Waals surface area contributed by atoms with Gasteiger partial charge in [0.1, 0.15) is 0 Å². The summed E-state index contributed by atoms with van der Waals surface area (Å²) in [6, 6.07) is 4.86. The summed E-state index contributed by atoms with van der Waals surface area (Å²) in [5.74, 6) is 1.48. The van der Waals surface area contributed by atoms with Crippen LogP contribution in [-0.2, 0) is 19.0 Å². The van der Waals surface area contributed by atoms with Gasteiger partial charge in [0.15, 0.2) is 5.43 Å². The average Bonchev–Trinajstić information content (AvgIpc) is 2.97. The first-order valence-corrected chi connectivity index (χ1v) is 10.8. The molecule has 28 heavy (non-hydrogen) atoms. The van der Waals surface area contributed by atoms with Crippen LogP contribution in [-0.4, -0.2) is 31.6 Å². The second-order valence-corrected chi connectivity index (χ2v) is 8.68. The van der Waals surface area contributed by atoms with Crippen molar-refractivity contribution in [1.82, 2.24) is 14.1 Å². The molecule has 0 atom stereocenters. The maximum Gasteiger partial charge on any atom is 0.416 e. The molecule has 2 aromatic heterocycles. The number of aliphatic hydroxyl groups excluding tert-OH is 1. The highest BCUT2D eigenvalue weighted by Crippen LogP contribution is 2.32. The van der Waals surface area contributed by atoms with Gasteiger partial charge in [-0.3, -0.25) is 9.36 Å². The fourth-order valence-electron chi connectivity index (χ4n) is 2.81. The number of nitrogens with zero attached hydrogens (tertiary/aromatic N) is 3. The molecule has 0 radical (unpaired) electrons. The average molecular weight is 429 g/mol. The molecule has 3 aromatic rings. The highest BCUT2D eigenvalue weighted by molar-refractivity contribution is 8.76. The zero-order valence-corrected chi connectivity index (χ0v) is 16.8. The number of alkyl halides is 3. The van der Waals surface area contributed by atoms with Gasteiger partial charge in [-0.1, -0.05) is 21.6 Å². The molecule has 0 amide bonds. The molecule has 0 unspecified atom stereocenters. The number of pyridine rings is 1. The Morgan fingerprint density at radius 3 is 2.64 bits per heavy atom. The minimum atomic E-state index is -4.43. The molecule has 0 saturated carbocycles. The van der Waals surface area contributed by atoms with Crippen molar-refractivity contribution in [2.45, 2.75) is 18.9 Å². The minimum Gasteiger partial charge on any atom is -0.395 e. The molecule has 1 aromatic carbocycles. The van der Waals surface area contributed by atoms with Crippen molar-refractivity contribution >= 4 is 32.6 Å². The van der Waals surface area contributed by atoms with Gasteiger partial charge in [0.25, 0.3) is 0 Å². The summed E-state index contributed by atoms with van der Waals surface area (Å²) in [4.78, 5) is 16.6. The Hall–Kier alpha value is -1.91. The van der Waals surface area contributed by atoms with E-state index in [4.69, 9.17) is 5.11 Å². The summed E-state index contributed by atoms with van der Waals surface area (Å²) < 4.78 is 42.5. The normalized spacial score (nSPS) is 12.1. The molecular formula is C18H18F3N3O2S2. The summed E-state index contributed by atoms with van der Waals surface area (Å²) in [6.45, 7) is 1.78. The third-order valence-electron chi connectivity index (χ3n) is 4.32. The summed E-state index contributed by atoms with van der Waals surface area (Å²) in [7, 11) is 4.62. The number of aromatic nitrogens is 3. The van der Waals surface area contributed by atoms with E-state index in [9.17, 15) is 18.0 Å². The van der Waals surface area contributed by atoms with E-state index < -0.39 is 11.7 Å². The molecule has 2 heterocycles. The quantitative estimate of drug-likeness (QED) is 0.475. The molecule has 3 rings (SSSR count). The van der Waals surface area contributed by atoms with Crippen LogP contribution in [0.4, 0.5) is 13.2 Å². The van der Waals surface area contributed by atoms with Gasteiger partial charge in [-0.25, -0.2) is 4.98 Å². The zero-order valence-electron chi connectivity index (χ0n) is 15.2. The molecule has 1 N–H and O–H groups in total. The van der Waals surface area contributed by atoms with E-state index in [1.165, 1.54) is 33.7 Å². The molecule has 0 saturated heterocycles. The molecule has 0 aliphatic rings. The first-order chi connectivity index (χ1) is 13.2. The van der Waals surface area contributed by atoms with Crippen LogP contribution in [0, 0.1) is 6.92 Å². The first-order valence-electron chi connectivity index (χ1n) is 8.34. The van der Waals surface area contributed by atoms with Crippen LogP contribution in [0.25, 0.3) is 17.0 Å². The molecule has 0 fully saturated rings. The lowest BCUT2D eigenvalue weighted by atomic mass is 10.2. The largest absolute Gasteiger partial charge is 0.416 e. The van der Waals surface area contributed by atoms with E-state index >= 15 is 0 Å². The minimum absolute atomic E-state index is 0.0601. The van der Waals surface area contributed by atoms with Crippen molar-refractivity contribution < 1.29 is 18.3 Å². The van der Waals surface area contributed by atoms with Gasteiger partial charge in [-0.05, 0) is 25.1 Å². The van der Waals surface area contributed by atoms with Gasteiger partial charge in [0, 0.05) is 42.1 Å². The lowest BCUT2D eigenvalue weighted by Gasteiger charge is -2.15. The van der Waals surface area contributed by atoms with Gasteiger partial charge in [-0.2, -0.15) is 13.2 Å². The van der Waals surface area contributed by atoms with E-state index in [0.717, 1.165) is 17.8 Å². The van der Waals surface area contributed by atoms with Crippen molar-refractivity contribution in [3.05, 3.63) is 57.5 Å². The number of imidazole rings is 1. The molecule has 0 aliphatic carbocycles. The molecule has 0 bridgehead atoms. The van der Waals surface area contributed by atoms with Gasteiger partial charge < -0.3 is 9.67 Å². The van der Waals surface area contributed by atoms with Crippen LogP contribution in [0.1, 0.15) is 16.8 Å². The highest BCUT2D eigenvalue weighted by Gasteiger charge is 2.31. The fourth-order valence-corrected chi connectivity index (χ4v) is 4.71. The first kappa shape index (κ1) is 20.8. The van der Waals surface area contributed by atoms with Crippen molar-refractivity contribution in [2.24, 2.45) is 7.05 Å². The topological polar surface area (TPSA) is 60.0 Å². The Morgan fingerprint density at radius 1 is 1.21 bits per heavy atom. The van der Waals surface area contributed by atoms with Crippen molar-refractivity contribution in [1.29, 1.82) is 0 Å². The number of benzene rings is 1. The summed E-state index contributed by atoms with van der Waals surface area (Å²) >= 11 is 0. The van der Waals surface area contributed by atoms with Crippen LogP contribution in [0.3, 0.4) is 0 Å². The number of aryl methyl sites for hydroxylation is 1. The number of fused-ring (bicyclic) bond motifs is 1. The van der Waals surface area contributed by atoms with Crippen molar-refractivity contribution in [3.63, 3.8) is 0 Å². The predicted molar refractivity (Wildman–Crippen MR) is 107 cm³/mol. The second kappa shape index (κ2) is 8.22. The van der Waals surface area contributed by atoms with Gasteiger partial charge in [0.05, 0.1) is 23.2 Å². The summed E-state index contributed by atoms with van der Waals surface area (Å²) in [5, 5.41) is 8.91. The van der Waals surface area contributed by atoms with Crippen LogP contribution in [0.2, 0.25) is 0 Å². The predicted octanol–water partition coefficient (Wildman–Crippen LogP) is 3.93. The van der Waals surface area contributed by atoms with E-state index in [0.29, 0.717) is 34.1 Å². The second-order valence-electron chi connectivity index (χ2n) is 6.10. The molecule has 0 spiro atoms. The Balaban J connectivity index is 2.10. The number of hydrogen-bond donors (Lipinski definition) is 1. The number of aliphatic hydroxyl groups is 1. The van der Waals surface area contributed by atoms with Gasteiger partial charge in [-0.15, -0.1) is 0 Å². The van der Waals surface area contributed by atoms with Crippen LogP contribution < -0.4 is 5.43 Å². The molecule has 10 heteroatoms. The Labute approximate surface area is 167 Å².